The molecule has 1 N–H and O–H groups in total. The summed E-state index contributed by atoms with van der Waals surface area (Å²) in [7, 11) is 1.55. The molecule has 0 saturated heterocycles. The Hall–Kier alpha value is -3.55. The molecule has 25 heavy (non-hydrogen) atoms. The van der Waals surface area contributed by atoms with Gasteiger partial charge in [-0.2, -0.15) is 5.10 Å². The molecule has 0 saturated carbocycles. The summed E-state index contributed by atoms with van der Waals surface area (Å²) < 4.78 is 6.67. The smallest absolute Gasteiger partial charge is 0.271 e. The molecule has 3 aromatic rings. The zero-order valence-corrected chi connectivity index (χ0v) is 13.7. The molecular weight excluding hydrogens is 320 g/mol. The quantitative estimate of drug-likeness (QED) is 0.566. The fraction of sp³-hybridized carbons (Fsp3) is 0.118. The van der Waals surface area contributed by atoms with Gasteiger partial charge in [-0.25, -0.2) is 10.1 Å². The number of rotatable bonds is 5. The van der Waals surface area contributed by atoms with Gasteiger partial charge in [-0.15, -0.1) is 5.10 Å². The number of hydrazone groups is 1. The molecule has 1 amide bonds. The first-order chi connectivity index (χ1) is 12.2. The number of hydrogen-bond acceptors (Lipinski definition) is 6. The molecule has 1 aromatic heterocycles. The van der Waals surface area contributed by atoms with Crippen molar-refractivity contribution >= 4 is 11.6 Å². The highest BCUT2D eigenvalue weighted by molar-refractivity contribution is 6.01. The summed E-state index contributed by atoms with van der Waals surface area (Å²) in [6.45, 7) is 1.82. The van der Waals surface area contributed by atoms with Gasteiger partial charge < -0.3 is 4.74 Å². The second-order valence-corrected chi connectivity index (χ2v) is 5.17. The van der Waals surface area contributed by atoms with E-state index in [0.717, 1.165) is 11.3 Å². The van der Waals surface area contributed by atoms with Gasteiger partial charge in [0.2, 0.25) is 0 Å². The summed E-state index contributed by atoms with van der Waals surface area (Å²) in [5.41, 5.74) is 5.42. The highest BCUT2D eigenvalue weighted by Crippen LogP contribution is 2.12. The summed E-state index contributed by atoms with van der Waals surface area (Å²) in [6.07, 6.45) is 1.52. The molecule has 0 fully saturated rings. The van der Waals surface area contributed by atoms with Gasteiger partial charge in [-0.05, 0) is 53.2 Å². The molecule has 0 aliphatic rings. The summed E-state index contributed by atoms with van der Waals surface area (Å²) in [4.78, 5) is 12.2. The molecule has 8 nitrogen and oxygen atoms in total. The van der Waals surface area contributed by atoms with Crippen LogP contribution < -0.4 is 10.2 Å². The summed E-state index contributed by atoms with van der Waals surface area (Å²) in [5, 5.41) is 15.2. The molecule has 1 heterocycles. The molecule has 2 aromatic carbocycles. The molecule has 126 valence electrons. The maximum atomic E-state index is 12.2. The average Bonchev–Trinajstić information content (AvgIpc) is 3.20. The number of nitrogens with zero attached hydrogens (tertiary/aromatic N) is 5. The molecule has 0 unspecified atom stereocenters. The fourth-order valence-electron chi connectivity index (χ4n) is 2.16. The summed E-state index contributed by atoms with van der Waals surface area (Å²) >= 11 is 0. The standard InChI is InChI=1S/C17H16N6O2/c1-12(13-6-8-15(9-7-13)23-11-18-21-22-23)19-20-17(24)14-4-3-5-16(10-14)25-2/h3-11H,1-2H3,(H,20,24). The number of hydrogen-bond donors (Lipinski definition) is 1. The Bertz CT molecular complexity index is 888. The van der Waals surface area contributed by atoms with Crippen LogP contribution in [0.4, 0.5) is 0 Å². The van der Waals surface area contributed by atoms with E-state index in [0.29, 0.717) is 17.0 Å². The SMILES string of the molecule is COc1cccc(C(=O)NN=C(C)c2ccc(-n3cnnn3)cc2)c1. The van der Waals surface area contributed by atoms with E-state index in [1.807, 2.05) is 31.2 Å². The molecule has 0 aliphatic carbocycles. The van der Waals surface area contributed by atoms with Crippen LogP contribution in [0.2, 0.25) is 0 Å². The number of benzene rings is 2. The van der Waals surface area contributed by atoms with Gasteiger partial charge in [0, 0.05) is 5.56 Å². The number of methoxy groups -OCH3 is 1. The zero-order valence-electron chi connectivity index (χ0n) is 13.7. The van der Waals surface area contributed by atoms with E-state index in [4.69, 9.17) is 4.74 Å². The van der Waals surface area contributed by atoms with Crippen LogP contribution in [0.1, 0.15) is 22.8 Å². The Morgan fingerprint density at radius 1 is 1.16 bits per heavy atom. The third-order valence-corrected chi connectivity index (χ3v) is 3.56. The minimum Gasteiger partial charge on any atom is -0.497 e. The van der Waals surface area contributed by atoms with Crippen LogP contribution >= 0.6 is 0 Å². The number of ether oxygens (including phenoxy) is 1. The van der Waals surface area contributed by atoms with Gasteiger partial charge in [0.05, 0.1) is 18.5 Å². The maximum absolute atomic E-state index is 12.2. The van der Waals surface area contributed by atoms with Crippen molar-refractivity contribution < 1.29 is 9.53 Å². The molecule has 0 bridgehead atoms. The van der Waals surface area contributed by atoms with E-state index in [-0.39, 0.29) is 5.91 Å². The van der Waals surface area contributed by atoms with Gasteiger partial charge in [0.15, 0.2) is 0 Å². The average molecular weight is 336 g/mol. The van der Waals surface area contributed by atoms with E-state index in [1.54, 1.807) is 36.1 Å². The van der Waals surface area contributed by atoms with Crippen molar-refractivity contribution in [2.75, 3.05) is 7.11 Å². The first kappa shape index (κ1) is 16.3. The van der Waals surface area contributed by atoms with E-state index < -0.39 is 0 Å². The number of carbonyl (C=O) groups excluding carboxylic acids is 1. The normalized spacial score (nSPS) is 11.2. The number of tetrazole rings is 1. The van der Waals surface area contributed by atoms with Gasteiger partial charge in [0.1, 0.15) is 12.1 Å². The first-order valence-electron chi connectivity index (χ1n) is 7.50. The predicted octanol–water partition coefficient (Wildman–Crippen LogP) is 1.82. The highest BCUT2D eigenvalue weighted by atomic mass is 16.5. The van der Waals surface area contributed by atoms with Crippen molar-refractivity contribution in [2.24, 2.45) is 5.10 Å². The Labute approximate surface area is 144 Å². The molecule has 0 radical (unpaired) electrons. The molecule has 8 heteroatoms. The van der Waals surface area contributed by atoms with Crippen molar-refractivity contribution in [2.45, 2.75) is 6.92 Å². The van der Waals surface area contributed by atoms with Crippen LogP contribution in [-0.4, -0.2) is 38.9 Å². The van der Waals surface area contributed by atoms with E-state index in [1.165, 1.54) is 6.33 Å². The fourth-order valence-corrected chi connectivity index (χ4v) is 2.16. The predicted molar refractivity (Wildman–Crippen MR) is 91.8 cm³/mol. The zero-order chi connectivity index (χ0) is 17.6. The molecule has 3 rings (SSSR count). The molecule has 0 atom stereocenters. The number of amides is 1. The van der Waals surface area contributed by atoms with Gasteiger partial charge in [0.25, 0.3) is 5.91 Å². The van der Waals surface area contributed by atoms with E-state index in [2.05, 4.69) is 26.1 Å². The lowest BCUT2D eigenvalue weighted by Gasteiger charge is -2.05. The van der Waals surface area contributed by atoms with Gasteiger partial charge >= 0.3 is 0 Å². The van der Waals surface area contributed by atoms with Crippen LogP contribution in [0.3, 0.4) is 0 Å². The minimum absolute atomic E-state index is 0.302. The maximum Gasteiger partial charge on any atom is 0.271 e. The summed E-state index contributed by atoms with van der Waals surface area (Å²) in [6, 6.07) is 14.4. The minimum atomic E-state index is -0.302. The van der Waals surface area contributed by atoms with E-state index in [9.17, 15) is 4.79 Å². The van der Waals surface area contributed by atoms with Crippen molar-refractivity contribution in [1.82, 2.24) is 25.6 Å². The topological polar surface area (TPSA) is 94.3 Å². The Morgan fingerprint density at radius 2 is 1.96 bits per heavy atom. The summed E-state index contributed by atoms with van der Waals surface area (Å²) in [5.74, 6) is 0.315. The second kappa shape index (κ2) is 7.35. The second-order valence-electron chi connectivity index (χ2n) is 5.17. The molecular formula is C17H16N6O2. The Kier molecular flexibility index (Phi) is 4.79. The van der Waals surface area contributed by atoms with Gasteiger partial charge in [-0.1, -0.05) is 18.2 Å². The largest absolute Gasteiger partial charge is 0.497 e. The number of nitrogens with one attached hydrogen (secondary N) is 1. The molecule has 0 aliphatic heterocycles. The van der Waals surface area contributed by atoms with Crippen molar-refractivity contribution in [3.8, 4) is 11.4 Å². The highest BCUT2D eigenvalue weighted by Gasteiger charge is 2.06. The first-order valence-corrected chi connectivity index (χ1v) is 7.50. The monoisotopic (exact) mass is 336 g/mol. The third-order valence-electron chi connectivity index (χ3n) is 3.56. The van der Waals surface area contributed by atoms with Gasteiger partial charge in [-0.3, -0.25) is 4.79 Å². The van der Waals surface area contributed by atoms with Crippen molar-refractivity contribution in [1.29, 1.82) is 0 Å². The lowest BCUT2D eigenvalue weighted by Crippen LogP contribution is -2.19. The third kappa shape index (κ3) is 3.86. The Balaban J connectivity index is 1.69. The van der Waals surface area contributed by atoms with E-state index >= 15 is 0 Å². The van der Waals surface area contributed by atoms with Crippen LogP contribution in [-0.2, 0) is 0 Å². The molecule has 0 spiro atoms. The number of carbonyl (C=O) groups is 1. The van der Waals surface area contributed by atoms with Crippen LogP contribution in [0, 0.1) is 0 Å². The Morgan fingerprint density at radius 3 is 2.64 bits per heavy atom. The lowest BCUT2D eigenvalue weighted by molar-refractivity contribution is 0.0954. The number of aromatic nitrogens is 4. The van der Waals surface area contributed by atoms with Crippen LogP contribution in [0.5, 0.6) is 5.75 Å². The van der Waals surface area contributed by atoms with Crippen LogP contribution in [0.15, 0.2) is 60.0 Å². The van der Waals surface area contributed by atoms with Crippen LogP contribution in [0.25, 0.3) is 5.69 Å². The van der Waals surface area contributed by atoms with Crippen molar-refractivity contribution in [3.63, 3.8) is 0 Å². The van der Waals surface area contributed by atoms with Crippen molar-refractivity contribution in [3.05, 3.63) is 66.0 Å². The lowest BCUT2D eigenvalue weighted by atomic mass is 10.1.